The van der Waals surface area contributed by atoms with Crippen LogP contribution in [0.5, 0.6) is 11.5 Å². The largest absolute Gasteiger partial charge is 0.486 e. The summed E-state index contributed by atoms with van der Waals surface area (Å²) in [4.78, 5) is 29.2. The average Bonchev–Trinajstić information content (AvgIpc) is 2.68. The van der Waals surface area contributed by atoms with E-state index in [2.05, 4.69) is 20.9 Å². The molecule has 1 aliphatic heterocycles. The Labute approximate surface area is 177 Å². The van der Waals surface area contributed by atoms with Crippen molar-refractivity contribution < 1.29 is 9.47 Å². The molecular formula is C20H27BrN4O4. The lowest BCUT2D eigenvalue weighted by Gasteiger charge is -2.27. The van der Waals surface area contributed by atoms with Crippen LogP contribution in [0.4, 0.5) is 11.5 Å². The van der Waals surface area contributed by atoms with Gasteiger partial charge in [-0.1, -0.05) is 36.2 Å². The van der Waals surface area contributed by atoms with E-state index in [4.69, 9.17) is 15.2 Å². The molecule has 3 N–H and O–H groups in total. The molecule has 29 heavy (non-hydrogen) atoms. The molecule has 0 aliphatic carbocycles. The van der Waals surface area contributed by atoms with Gasteiger partial charge in [-0.3, -0.25) is 14.3 Å². The smallest absolute Gasteiger partial charge is 0.330 e. The molecule has 0 bridgehead atoms. The maximum atomic E-state index is 12.7. The maximum Gasteiger partial charge on any atom is 0.330 e. The molecule has 8 nitrogen and oxygen atoms in total. The highest BCUT2D eigenvalue weighted by Crippen LogP contribution is 2.36. The molecule has 9 heteroatoms. The number of aromatic nitrogens is 2. The molecule has 2 heterocycles. The first-order valence-corrected chi connectivity index (χ1v) is 10.7. The zero-order chi connectivity index (χ0) is 21.0. The van der Waals surface area contributed by atoms with Gasteiger partial charge in [0.1, 0.15) is 24.7 Å². The molecule has 158 valence electrons. The predicted octanol–water partition coefficient (Wildman–Crippen LogP) is 2.87. The molecule has 2 aromatic rings. The van der Waals surface area contributed by atoms with E-state index in [0.29, 0.717) is 50.0 Å². The zero-order valence-corrected chi connectivity index (χ0v) is 18.4. The van der Waals surface area contributed by atoms with Crippen LogP contribution < -0.4 is 31.4 Å². The summed E-state index contributed by atoms with van der Waals surface area (Å²) in [7, 11) is 0. The summed E-state index contributed by atoms with van der Waals surface area (Å²) in [5.41, 5.74) is 6.62. The third-order valence-electron chi connectivity index (χ3n) is 4.83. The molecule has 0 atom stereocenters. The second kappa shape index (κ2) is 9.39. The Morgan fingerprint density at radius 1 is 1.17 bits per heavy atom. The molecule has 1 aromatic heterocycles. The second-order valence-corrected chi connectivity index (χ2v) is 7.86. The number of nitrogens with zero attached hydrogens (tertiary/aromatic N) is 2. The van der Waals surface area contributed by atoms with Gasteiger partial charge in [-0.2, -0.15) is 0 Å². The predicted molar refractivity (Wildman–Crippen MR) is 117 cm³/mol. The van der Waals surface area contributed by atoms with E-state index >= 15 is 0 Å². The Morgan fingerprint density at radius 3 is 2.52 bits per heavy atom. The fraction of sp³-hybridized carbons (Fsp3) is 0.500. The van der Waals surface area contributed by atoms with E-state index in [0.717, 1.165) is 29.3 Å². The van der Waals surface area contributed by atoms with Gasteiger partial charge < -0.3 is 20.1 Å². The van der Waals surface area contributed by atoms with Crippen LogP contribution in [0.1, 0.15) is 38.7 Å². The first-order chi connectivity index (χ1) is 14.0. The number of hydrogen-bond acceptors (Lipinski definition) is 6. The standard InChI is InChI=1S/C20H27BrN4O4/c1-3-5-7-25-18(22)17(19(26)23-20(25)27)24(6-4-2)12-13-10-15-16(11-14(13)21)29-9-8-28-15/h10-11H,3-9,12,22H2,1-2H3,(H,23,26,27). The number of ether oxygens (including phenoxy) is 2. The second-order valence-electron chi connectivity index (χ2n) is 7.01. The number of H-pyrrole nitrogens is 1. The number of nitrogens with one attached hydrogen (secondary N) is 1. The summed E-state index contributed by atoms with van der Waals surface area (Å²) in [5.74, 6) is 1.58. The van der Waals surface area contributed by atoms with Crippen molar-refractivity contribution in [2.45, 2.75) is 46.2 Å². The van der Waals surface area contributed by atoms with Crippen LogP contribution in [0.2, 0.25) is 0 Å². The number of hydrogen-bond donors (Lipinski definition) is 2. The molecule has 3 rings (SSSR count). The lowest BCUT2D eigenvalue weighted by molar-refractivity contribution is 0.171. The van der Waals surface area contributed by atoms with Crippen molar-refractivity contribution >= 4 is 27.4 Å². The first-order valence-electron chi connectivity index (χ1n) is 9.91. The number of anilines is 2. The van der Waals surface area contributed by atoms with Crippen LogP contribution in [-0.4, -0.2) is 29.3 Å². The highest BCUT2D eigenvalue weighted by Gasteiger charge is 2.21. The monoisotopic (exact) mass is 466 g/mol. The van der Waals surface area contributed by atoms with Crippen molar-refractivity contribution in [1.29, 1.82) is 0 Å². The van der Waals surface area contributed by atoms with Crippen LogP contribution in [0.25, 0.3) is 0 Å². The minimum Gasteiger partial charge on any atom is -0.486 e. The van der Waals surface area contributed by atoms with Crippen molar-refractivity contribution in [3.8, 4) is 11.5 Å². The quantitative estimate of drug-likeness (QED) is 0.619. The third kappa shape index (κ3) is 4.60. The number of rotatable bonds is 8. The van der Waals surface area contributed by atoms with E-state index in [1.165, 1.54) is 4.57 Å². The summed E-state index contributed by atoms with van der Waals surface area (Å²) in [6.45, 7) is 6.61. The van der Waals surface area contributed by atoms with Gasteiger partial charge in [-0.15, -0.1) is 0 Å². The number of halogens is 1. The number of nitrogen functional groups attached to an aromatic ring is 1. The average molecular weight is 467 g/mol. The Bertz CT molecular complexity index is 986. The summed E-state index contributed by atoms with van der Waals surface area (Å²) >= 11 is 3.59. The Hall–Kier alpha value is -2.42. The summed E-state index contributed by atoms with van der Waals surface area (Å²) < 4.78 is 13.6. The molecule has 1 aliphatic rings. The number of unbranched alkanes of at least 4 members (excludes halogenated alkanes) is 1. The van der Waals surface area contributed by atoms with Gasteiger partial charge >= 0.3 is 5.69 Å². The van der Waals surface area contributed by atoms with Crippen LogP contribution >= 0.6 is 15.9 Å². The lowest BCUT2D eigenvalue weighted by atomic mass is 10.1. The summed E-state index contributed by atoms with van der Waals surface area (Å²) in [6, 6.07) is 3.79. The Balaban J connectivity index is 2.01. The first kappa shape index (κ1) is 21.3. The van der Waals surface area contributed by atoms with E-state index in [9.17, 15) is 9.59 Å². The summed E-state index contributed by atoms with van der Waals surface area (Å²) in [6.07, 6.45) is 2.54. The van der Waals surface area contributed by atoms with E-state index in [1.54, 1.807) is 0 Å². The fourth-order valence-corrected chi connectivity index (χ4v) is 3.84. The Morgan fingerprint density at radius 2 is 1.86 bits per heavy atom. The van der Waals surface area contributed by atoms with E-state index in [-0.39, 0.29) is 5.82 Å². The highest BCUT2D eigenvalue weighted by molar-refractivity contribution is 9.10. The zero-order valence-electron chi connectivity index (χ0n) is 16.8. The summed E-state index contributed by atoms with van der Waals surface area (Å²) in [5, 5.41) is 0. The normalized spacial score (nSPS) is 12.8. The van der Waals surface area contributed by atoms with Gasteiger partial charge in [0, 0.05) is 24.1 Å². The van der Waals surface area contributed by atoms with E-state index < -0.39 is 11.2 Å². The van der Waals surface area contributed by atoms with Crippen molar-refractivity contribution in [2.24, 2.45) is 0 Å². The SMILES string of the molecule is CCCCn1c(N)c(N(CCC)Cc2cc3c(cc2Br)OCCO3)c(=O)[nH]c1=O. The lowest BCUT2D eigenvalue weighted by Crippen LogP contribution is -2.38. The molecular weight excluding hydrogens is 440 g/mol. The molecule has 0 amide bonds. The fourth-order valence-electron chi connectivity index (χ4n) is 3.39. The van der Waals surface area contributed by atoms with Crippen molar-refractivity contribution in [3.05, 3.63) is 43.0 Å². The topological polar surface area (TPSA) is 103 Å². The molecule has 0 unspecified atom stereocenters. The highest BCUT2D eigenvalue weighted by atomic mass is 79.9. The molecule has 0 fully saturated rings. The van der Waals surface area contributed by atoms with Crippen molar-refractivity contribution in [1.82, 2.24) is 9.55 Å². The minimum atomic E-state index is -0.471. The number of aromatic amines is 1. The van der Waals surface area contributed by atoms with E-state index in [1.807, 2.05) is 30.9 Å². The van der Waals surface area contributed by atoms with Gasteiger partial charge in [-0.05, 0) is 30.5 Å². The van der Waals surface area contributed by atoms with Crippen LogP contribution in [-0.2, 0) is 13.1 Å². The molecule has 0 radical (unpaired) electrons. The van der Waals surface area contributed by atoms with Gasteiger partial charge in [0.15, 0.2) is 11.5 Å². The van der Waals surface area contributed by atoms with Crippen LogP contribution in [0.3, 0.4) is 0 Å². The Kier molecular flexibility index (Phi) is 6.89. The maximum absolute atomic E-state index is 12.7. The van der Waals surface area contributed by atoms with Crippen molar-refractivity contribution in [3.63, 3.8) is 0 Å². The molecule has 1 aromatic carbocycles. The van der Waals surface area contributed by atoms with Crippen LogP contribution in [0.15, 0.2) is 26.2 Å². The molecule has 0 saturated heterocycles. The third-order valence-corrected chi connectivity index (χ3v) is 5.57. The van der Waals surface area contributed by atoms with Gasteiger partial charge in [0.2, 0.25) is 0 Å². The minimum absolute atomic E-state index is 0.203. The molecule has 0 saturated carbocycles. The van der Waals surface area contributed by atoms with Gasteiger partial charge in [-0.25, -0.2) is 4.79 Å². The van der Waals surface area contributed by atoms with Crippen molar-refractivity contribution in [2.75, 3.05) is 30.4 Å². The molecule has 0 spiro atoms. The number of benzene rings is 1. The van der Waals surface area contributed by atoms with Gasteiger partial charge in [0.05, 0.1) is 0 Å². The number of fused-ring (bicyclic) bond motifs is 1. The van der Waals surface area contributed by atoms with Crippen LogP contribution in [0, 0.1) is 0 Å². The van der Waals surface area contributed by atoms with Gasteiger partial charge in [0.25, 0.3) is 5.56 Å². The number of nitrogens with two attached hydrogens (primary N) is 1.